The summed E-state index contributed by atoms with van der Waals surface area (Å²) in [5.74, 6) is 1.07. The van der Waals surface area contributed by atoms with Gasteiger partial charge in [0.1, 0.15) is 5.82 Å². The van der Waals surface area contributed by atoms with Gasteiger partial charge in [-0.1, -0.05) is 13.0 Å². The molecule has 1 aliphatic rings. The number of nitrogens with zero attached hydrogens (tertiary/aromatic N) is 2. The molecule has 1 unspecified atom stereocenters. The van der Waals surface area contributed by atoms with Crippen LogP contribution < -0.4 is 10.2 Å². The number of piperidine rings is 1. The molecule has 1 atom stereocenters. The molecule has 0 saturated carbocycles. The van der Waals surface area contributed by atoms with Gasteiger partial charge in [-0.15, -0.1) is 0 Å². The molecule has 19 heavy (non-hydrogen) atoms. The van der Waals surface area contributed by atoms with Gasteiger partial charge in [0, 0.05) is 26.7 Å². The van der Waals surface area contributed by atoms with Crippen LogP contribution in [0.15, 0.2) is 18.2 Å². The molecule has 0 bridgehead atoms. The molecule has 0 spiro atoms. The summed E-state index contributed by atoms with van der Waals surface area (Å²) in [5.41, 5.74) is 1.06. The van der Waals surface area contributed by atoms with Crippen molar-refractivity contribution in [1.29, 1.82) is 0 Å². The first kappa shape index (κ1) is 14.3. The average molecular weight is 263 g/mol. The Labute approximate surface area is 116 Å². The summed E-state index contributed by atoms with van der Waals surface area (Å²) >= 11 is 0. The van der Waals surface area contributed by atoms with Crippen LogP contribution in [-0.4, -0.2) is 37.3 Å². The molecule has 4 nitrogen and oxygen atoms in total. The van der Waals surface area contributed by atoms with Gasteiger partial charge in [0.25, 0.3) is 0 Å². The standard InChI is InChI=1S/C15H25N3O/c1-4-16-11-13-7-5-8-14(17-13)18-10-6-9-15(2,12-18)19-3/h5,7-8,16H,4,6,9-12H2,1-3H3. The molecule has 0 aromatic carbocycles. The zero-order valence-electron chi connectivity index (χ0n) is 12.3. The van der Waals surface area contributed by atoms with Crippen molar-refractivity contribution in [3.63, 3.8) is 0 Å². The summed E-state index contributed by atoms with van der Waals surface area (Å²) in [7, 11) is 1.80. The number of hydrogen-bond donors (Lipinski definition) is 1. The highest BCUT2D eigenvalue weighted by molar-refractivity contribution is 5.40. The van der Waals surface area contributed by atoms with Crippen LogP contribution in [0.4, 0.5) is 5.82 Å². The third-order valence-electron chi connectivity index (χ3n) is 3.82. The van der Waals surface area contributed by atoms with Crippen molar-refractivity contribution in [1.82, 2.24) is 10.3 Å². The van der Waals surface area contributed by atoms with Crippen molar-refractivity contribution in [3.8, 4) is 0 Å². The van der Waals surface area contributed by atoms with Gasteiger partial charge < -0.3 is 15.0 Å². The minimum absolute atomic E-state index is 0.0440. The van der Waals surface area contributed by atoms with Crippen LogP contribution in [0.25, 0.3) is 0 Å². The first-order valence-corrected chi connectivity index (χ1v) is 7.13. The predicted octanol–water partition coefficient (Wildman–Crippen LogP) is 2.20. The minimum Gasteiger partial charge on any atom is -0.377 e. The second kappa shape index (κ2) is 6.35. The van der Waals surface area contributed by atoms with Crippen molar-refractivity contribution in [3.05, 3.63) is 23.9 Å². The monoisotopic (exact) mass is 263 g/mol. The van der Waals surface area contributed by atoms with Crippen LogP contribution in [0.3, 0.4) is 0 Å². The Hall–Kier alpha value is -1.13. The van der Waals surface area contributed by atoms with Gasteiger partial charge in [-0.05, 0) is 38.4 Å². The lowest BCUT2D eigenvalue weighted by atomic mass is 9.95. The zero-order valence-corrected chi connectivity index (χ0v) is 12.3. The van der Waals surface area contributed by atoms with Gasteiger partial charge in [0.2, 0.25) is 0 Å². The Balaban J connectivity index is 2.08. The molecule has 1 aromatic heterocycles. The molecular formula is C15H25N3O. The Morgan fingerprint density at radius 1 is 1.47 bits per heavy atom. The van der Waals surface area contributed by atoms with Crippen LogP contribution in [0, 0.1) is 0 Å². The summed E-state index contributed by atoms with van der Waals surface area (Å²) in [4.78, 5) is 7.08. The number of pyridine rings is 1. The Morgan fingerprint density at radius 2 is 2.32 bits per heavy atom. The van der Waals surface area contributed by atoms with Gasteiger partial charge in [-0.25, -0.2) is 4.98 Å². The predicted molar refractivity (Wildman–Crippen MR) is 78.5 cm³/mol. The smallest absolute Gasteiger partial charge is 0.128 e. The van der Waals surface area contributed by atoms with E-state index in [1.165, 1.54) is 0 Å². The molecule has 0 aliphatic carbocycles. The van der Waals surface area contributed by atoms with Gasteiger partial charge >= 0.3 is 0 Å². The third-order valence-corrected chi connectivity index (χ3v) is 3.82. The number of aromatic nitrogens is 1. The van der Waals surface area contributed by atoms with Crippen LogP contribution >= 0.6 is 0 Å². The first-order valence-electron chi connectivity index (χ1n) is 7.13. The topological polar surface area (TPSA) is 37.4 Å². The van der Waals surface area contributed by atoms with E-state index in [1.54, 1.807) is 7.11 Å². The fourth-order valence-electron chi connectivity index (χ4n) is 2.56. The molecule has 1 aromatic rings. The fraction of sp³-hybridized carbons (Fsp3) is 0.667. The van der Waals surface area contributed by atoms with Crippen molar-refractivity contribution >= 4 is 5.82 Å². The van der Waals surface area contributed by atoms with Gasteiger partial charge in [0.15, 0.2) is 0 Å². The second-order valence-electron chi connectivity index (χ2n) is 5.45. The van der Waals surface area contributed by atoms with E-state index in [-0.39, 0.29) is 5.60 Å². The third kappa shape index (κ3) is 3.67. The first-order chi connectivity index (χ1) is 9.17. The van der Waals surface area contributed by atoms with E-state index in [9.17, 15) is 0 Å². The highest BCUT2D eigenvalue weighted by atomic mass is 16.5. The molecule has 0 radical (unpaired) electrons. The summed E-state index contributed by atoms with van der Waals surface area (Å²) in [6, 6.07) is 6.26. The maximum Gasteiger partial charge on any atom is 0.128 e. The van der Waals surface area contributed by atoms with E-state index in [2.05, 4.69) is 42.3 Å². The van der Waals surface area contributed by atoms with Crippen LogP contribution in [0.1, 0.15) is 32.4 Å². The number of methoxy groups -OCH3 is 1. The molecule has 1 fully saturated rings. The van der Waals surface area contributed by atoms with Crippen molar-refractivity contribution in [2.45, 2.75) is 38.8 Å². The van der Waals surface area contributed by atoms with Crippen molar-refractivity contribution < 1.29 is 4.74 Å². The number of ether oxygens (including phenoxy) is 1. The number of nitrogens with one attached hydrogen (secondary N) is 1. The van der Waals surface area contributed by atoms with Crippen molar-refractivity contribution in [2.75, 3.05) is 31.6 Å². The van der Waals surface area contributed by atoms with Crippen LogP contribution in [-0.2, 0) is 11.3 Å². The second-order valence-corrected chi connectivity index (χ2v) is 5.45. The van der Waals surface area contributed by atoms with E-state index < -0.39 is 0 Å². The molecule has 106 valence electrons. The maximum absolute atomic E-state index is 5.64. The van der Waals surface area contributed by atoms with Crippen LogP contribution in [0.5, 0.6) is 0 Å². The van der Waals surface area contributed by atoms with Gasteiger partial charge in [0.05, 0.1) is 11.3 Å². The molecule has 0 amide bonds. The summed E-state index contributed by atoms with van der Waals surface area (Å²) in [5, 5.41) is 3.32. The minimum atomic E-state index is -0.0440. The fourth-order valence-corrected chi connectivity index (χ4v) is 2.56. The number of hydrogen-bond acceptors (Lipinski definition) is 4. The summed E-state index contributed by atoms with van der Waals surface area (Å²) in [6.07, 6.45) is 2.28. The Kier molecular flexibility index (Phi) is 4.77. The van der Waals surface area contributed by atoms with E-state index >= 15 is 0 Å². The average Bonchev–Trinajstić information content (AvgIpc) is 2.45. The number of anilines is 1. The quantitative estimate of drug-likeness (QED) is 0.883. The highest BCUT2D eigenvalue weighted by Gasteiger charge is 2.31. The molecule has 4 heteroatoms. The van der Waals surface area contributed by atoms with Crippen molar-refractivity contribution in [2.24, 2.45) is 0 Å². The molecule has 2 heterocycles. The summed E-state index contributed by atoms with van der Waals surface area (Å²) in [6.45, 7) is 8.08. The van der Waals surface area contributed by atoms with Gasteiger partial charge in [-0.3, -0.25) is 0 Å². The lowest BCUT2D eigenvalue weighted by Crippen LogP contribution is -2.47. The lowest BCUT2D eigenvalue weighted by Gasteiger charge is -2.40. The largest absolute Gasteiger partial charge is 0.377 e. The summed E-state index contributed by atoms with van der Waals surface area (Å²) < 4.78 is 5.64. The van der Waals surface area contributed by atoms with E-state index in [0.717, 1.165) is 50.5 Å². The SMILES string of the molecule is CCNCc1cccc(N2CCCC(C)(OC)C2)n1. The Morgan fingerprint density at radius 3 is 3.05 bits per heavy atom. The number of rotatable bonds is 5. The molecule has 1 aliphatic heterocycles. The highest BCUT2D eigenvalue weighted by Crippen LogP contribution is 2.27. The zero-order chi connectivity index (χ0) is 13.7. The normalized spacial score (nSPS) is 23.6. The van der Waals surface area contributed by atoms with E-state index in [1.807, 2.05) is 0 Å². The molecule has 2 rings (SSSR count). The molecular weight excluding hydrogens is 238 g/mol. The maximum atomic E-state index is 5.64. The Bertz CT molecular complexity index is 410. The van der Waals surface area contributed by atoms with Crippen LogP contribution in [0.2, 0.25) is 0 Å². The molecule has 1 saturated heterocycles. The lowest BCUT2D eigenvalue weighted by molar-refractivity contribution is -0.00482. The van der Waals surface area contributed by atoms with E-state index in [4.69, 9.17) is 9.72 Å². The van der Waals surface area contributed by atoms with Gasteiger partial charge in [-0.2, -0.15) is 0 Å². The molecule has 1 N–H and O–H groups in total. The van der Waals surface area contributed by atoms with E-state index in [0.29, 0.717) is 0 Å².